The number of fused-ring (bicyclic) bond motifs is 1. The Morgan fingerprint density at radius 3 is 2.88 bits per heavy atom. The number of likely N-dealkylation sites (tertiary alicyclic amines) is 1. The van der Waals surface area contributed by atoms with E-state index in [1.54, 1.807) is 12.1 Å². The first-order chi connectivity index (χ1) is 12.0. The zero-order valence-corrected chi connectivity index (χ0v) is 16.0. The number of nitrogens with zero attached hydrogens (tertiary/aromatic N) is 1. The number of phenolic OH excluding ortho intramolecular Hbond substituents is 1. The highest BCUT2D eigenvalue weighted by Crippen LogP contribution is 2.43. The SMILES string of the molecule is [CH-]=Cc1cc(O)c(C2CCN(C)C2CCC)c2oc(PC)cc(=O)c12. The van der Waals surface area contributed by atoms with E-state index in [-0.39, 0.29) is 17.1 Å². The summed E-state index contributed by atoms with van der Waals surface area (Å²) in [6, 6.07) is 3.48. The van der Waals surface area contributed by atoms with Crippen LogP contribution in [0.4, 0.5) is 0 Å². The molecule has 2 aromatic rings. The number of phenols is 1. The van der Waals surface area contributed by atoms with Crippen LogP contribution in [0, 0.1) is 6.58 Å². The molecule has 1 aliphatic heterocycles. The van der Waals surface area contributed by atoms with Crippen LogP contribution >= 0.6 is 8.58 Å². The molecule has 1 saturated heterocycles. The van der Waals surface area contributed by atoms with Gasteiger partial charge < -0.3 is 14.4 Å². The molecule has 25 heavy (non-hydrogen) atoms. The van der Waals surface area contributed by atoms with Gasteiger partial charge in [-0.2, -0.15) is 5.56 Å². The minimum atomic E-state index is -0.0954. The molecule has 0 spiro atoms. The molecule has 0 radical (unpaired) electrons. The molecule has 1 aliphatic rings. The van der Waals surface area contributed by atoms with E-state index in [9.17, 15) is 9.90 Å². The fourth-order valence-corrected chi connectivity index (χ4v) is 4.52. The van der Waals surface area contributed by atoms with Crippen molar-refractivity contribution in [1.82, 2.24) is 4.90 Å². The topological polar surface area (TPSA) is 53.7 Å². The van der Waals surface area contributed by atoms with Crippen molar-refractivity contribution in [3.05, 3.63) is 40.1 Å². The fourth-order valence-electron chi connectivity index (χ4n) is 4.05. The number of aromatic hydroxyl groups is 1. The van der Waals surface area contributed by atoms with Crippen LogP contribution in [0.1, 0.15) is 43.2 Å². The zero-order valence-electron chi connectivity index (χ0n) is 15.0. The van der Waals surface area contributed by atoms with Gasteiger partial charge in [-0.15, -0.1) is 0 Å². The van der Waals surface area contributed by atoms with Gasteiger partial charge in [0.05, 0.1) is 0 Å². The highest BCUT2D eigenvalue weighted by Gasteiger charge is 2.35. The molecule has 3 unspecified atom stereocenters. The van der Waals surface area contributed by atoms with Crippen molar-refractivity contribution in [2.75, 3.05) is 20.3 Å². The van der Waals surface area contributed by atoms with Gasteiger partial charge in [0.15, 0.2) is 5.43 Å². The number of benzene rings is 1. The van der Waals surface area contributed by atoms with E-state index in [4.69, 9.17) is 11.0 Å². The summed E-state index contributed by atoms with van der Waals surface area (Å²) in [6.07, 6.45) is 4.43. The molecule has 1 N–H and O–H groups in total. The minimum Gasteiger partial charge on any atom is -0.509 e. The van der Waals surface area contributed by atoms with E-state index < -0.39 is 0 Å². The molecule has 3 rings (SSSR count). The van der Waals surface area contributed by atoms with Crippen molar-refractivity contribution < 1.29 is 9.52 Å². The normalized spacial score (nSPS) is 21.6. The number of hydrogen-bond donors (Lipinski definition) is 1. The third kappa shape index (κ3) is 3.14. The first-order valence-corrected chi connectivity index (χ1v) is 10.3. The molecule has 134 valence electrons. The molecule has 2 heterocycles. The first kappa shape index (κ1) is 18.2. The van der Waals surface area contributed by atoms with Crippen LogP contribution in [0.5, 0.6) is 5.75 Å². The van der Waals surface area contributed by atoms with Crippen molar-refractivity contribution in [1.29, 1.82) is 0 Å². The molecule has 0 saturated carbocycles. The molecule has 0 amide bonds. The minimum absolute atomic E-state index is 0.0954. The third-order valence-corrected chi connectivity index (χ3v) is 5.99. The lowest BCUT2D eigenvalue weighted by Gasteiger charge is -2.27. The lowest BCUT2D eigenvalue weighted by Crippen LogP contribution is -2.28. The Kier molecular flexibility index (Phi) is 5.31. The lowest BCUT2D eigenvalue weighted by molar-refractivity contribution is 0.279. The Labute approximate surface area is 150 Å². The van der Waals surface area contributed by atoms with Gasteiger partial charge in [0.25, 0.3) is 0 Å². The summed E-state index contributed by atoms with van der Waals surface area (Å²) in [5.74, 6) is 0.322. The van der Waals surface area contributed by atoms with Crippen LogP contribution < -0.4 is 10.9 Å². The maximum absolute atomic E-state index is 12.7. The average molecular weight is 358 g/mol. The Hall–Kier alpha value is -1.64. The van der Waals surface area contributed by atoms with Crippen LogP contribution in [0.25, 0.3) is 17.0 Å². The van der Waals surface area contributed by atoms with Gasteiger partial charge in [0, 0.05) is 23.6 Å². The summed E-state index contributed by atoms with van der Waals surface area (Å²) in [7, 11) is 2.50. The molecule has 3 atom stereocenters. The van der Waals surface area contributed by atoms with Crippen LogP contribution in [0.3, 0.4) is 0 Å². The predicted octanol–water partition coefficient (Wildman–Crippen LogP) is 3.47. The van der Waals surface area contributed by atoms with Crippen LogP contribution in [0.15, 0.2) is 21.3 Å². The standard InChI is InChI=1S/C20H25NO3P/c1-5-7-14-13(8-9-21(14)3)19-15(22)10-12(6-2)18-16(23)11-17(25-4)24-20(18)19/h2,6,10-11,13-14,22,25H,5,7-9H2,1,3-4H3/q-1. The van der Waals surface area contributed by atoms with Gasteiger partial charge in [-0.25, -0.2) is 6.08 Å². The Bertz CT molecular complexity index is 858. The number of rotatable bonds is 5. The Morgan fingerprint density at radius 2 is 2.24 bits per heavy atom. The molecule has 4 nitrogen and oxygen atoms in total. The molecule has 1 aromatic heterocycles. The van der Waals surface area contributed by atoms with Gasteiger partial charge in [-0.05, 0) is 38.5 Å². The van der Waals surface area contributed by atoms with E-state index in [2.05, 4.69) is 18.9 Å². The van der Waals surface area contributed by atoms with Gasteiger partial charge in [-0.3, -0.25) is 11.4 Å². The van der Waals surface area contributed by atoms with E-state index >= 15 is 0 Å². The highest BCUT2D eigenvalue weighted by molar-refractivity contribution is 7.45. The molecule has 1 fully saturated rings. The molecule has 0 aliphatic carbocycles. The maximum Gasteiger partial charge on any atom is 0.176 e. The van der Waals surface area contributed by atoms with Crippen molar-refractivity contribution in [2.24, 2.45) is 0 Å². The third-order valence-electron chi connectivity index (χ3n) is 5.25. The quantitative estimate of drug-likeness (QED) is 0.657. The van der Waals surface area contributed by atoms with E-state index in [1.807, 2.05) is 6.66 Å². The highest BCUT2D eigenvalue weighted by atomic mass is 31.1. The summed E-state index contributed by atoms with van der Waals surface area (Å²) >= 11 is 0. The van der Waals surface area contributed by atoms with Crippen molar-refractivity contribution in [2.45, 2.75) is 38.1 Å². The largest absolute Gasteiger partial charge is 0.509 e. The molecular formula is C20H25NO3P-. The summed E-state index contributed by atoms with van der Waals surface area (Å²) < 4.78 is 6.08. The Morgan fingerprint density at radius 1 is 1.48 bits per heavy atom. The Balaban J connectivity index is 2.31. The smallest absolute Gasteiger partial charge is 0.176 e. The monoisotopic (exact) mass is 358 g/mol. The van der Waals surface area contributed by atoms with Crippen molar-refractivity contribution >= 4 is 31.1 Å². The second-order valence-electron chi connectivity index (χ2n) is 6.73. The van der Waals surface area contributed by atoms with Gasteiger partial charge in [0.2, 0.25) is 0 Å². The van der Waals surface area contributed by atoms with E-state index in [0.29, 0.717) is 36.7 Å². The van der Waals surface area contributed by atoms with Crippen LogP contribution in [-0.4, -0.2) is 36.3 Å². The number of hydrogen-bond acceptors (Lipinski definition) is 4. The van der Waals surface area contributed by atoms with Crippen molar-refractivity contribution in [3.63, 3.8) is 0 Å². The van der Waals surface area contributed by atoms with Gasteiger partial charge >= 0.3 is 0 Å². The lowest BCUT2D eigenvalue weighted by atomic mass is 9.86. The first-order valence-electron chi connectivity index (χ1n) is 8.78. The summed E-state index contributed by atoms with van der Waals surface area (Å²) in [5.41, 5.74) is 2.36. The molecular weight excluding hydrogens is 333 g/mol. The maximum atomic E-state index is 12.7. The van der Waals surface area contributed by atoms with Crippen molar-refractivity contribution in [3.8, 4) is 5.75 Å². The summed E-state index contributed by atoms with van der Waals surface area (Å²) in [5, 5.41) is 11.2. The fraction of sp³-hybridized carbons (Fsp3) is 0.450. The molecule has 0 bridgehead atoms. The van der Waals surface area contributed by atoms with Gasteiger partial charge in [0.1, 0.15) is 16.8 Å². The second kappa shape index (κ2) is 7.31. The second-order valence-corrected chi connectivity index (χ2v) is 7.72. The average Bonchev–Trinajstić information content (AvgIpc) is 2.94. The molecule has 5 heteroatoms. The van der Waals surface area contributed by atoms with Crippen LogP contribution in [0.2, 0.25) is 0 Å². The number of likely N-dealkylation sites (N-methyl/N-ethyl adjacent to an activating group) is 1. The van der Waals surface area contributed by atoms with E-state index in [0.717, 1.165) is 31.4 Å². The van der Waals surface area contributed by atoms with Gasteiger partial charge in [-0.1, -0.05) is 28.0 Å². The molecule has 1 aromatic carbocycles. The predicted molar refractivity (Wildman–Crippen MR) is 105 cm³/mol. The van der Waals surface area contributed by atoms with Crippen LogP contribution in [-0.2, 0) is 0 Å². The zero-order chi connectivity index (χ0) is 18.1. The van der Waals surface area contributed by atoms with E-state index in [1.165, 1.54) is 6.08 Å². The summed E-state index contributed by atoms with van der Waals surface area (Å²) in [4.78, 5) is 15.0. The summed E-state index contributed by atoms with van der Waals surface area (Å²) in [6.45, 7) is 10.8.